The van der Waals surface area contributed by atoms with Gasteiger partial charge in [0, 0.05) is 24.3 Å². The highest BCUT2D eigenvalue weighted by Gasteiger charge is 2.35. The maximum absolute atomic E-state index is 12.4. The number of piperidine rings is 3. The van der Waals surface area contributed by atoms with Crippen molar-refractivity contribution in [3.05, 3.63) is 41.4 Å². The first-order chi connectivity index (χ1) is 11.2. The summed E-state index contributed by atoms with van der Waals surface area (Å²) in [5, 5.41) is 3.53. The second-order valence-electron chi connectivity index (χ2n) is 6.25. The van der Waals surface area contributed by atoms with Crippen molar-refractivity contribution in [3.63, 3.8) is 0 Å². The molecule has 0 spiro atoms. The Morgan fingerprint density at radius 3 is 2.83 bits per heavy atom. The number of nitrogens with one attached hydrogen (secondary N) is 1. The van der Waals surface area contributed by atoms with E-state index in [1.807, 2.05) is 0 Å². The molecule has 5 heterocycles. The van der Waals surface area contributed by atoms with E-state index >= 15 is 0 Å². The molecule has 1 N–H and O–H groups in total. The van der Waals surface area contributed by atoms with Crippen LogP contribution in [0, 0.1) is 5.92 Å². The maximum Gasteiger partial charge on any atom is 0.287 e. The van der Waals surface area contributed by atoms with Crippen LogP contribution in [0.15, 0.2) is 34.9 Å². The van der Waals surface area contributed by atoms with Crippen LogP contribution >= 0.6 is 11.6 Å². The van der Waals surface area contributed by atoms with Gasteiger partial charge in [0.25, 0.3) is 5.91 Å². The van der Waals surface area contributed by atoms with E-state index in [9.17, 15) is 4.79 Å². The smallest absolute Gasteiger partial charge is 0.287 e. The van der Waals surface area contributed by atoms with E-state index in [1.54, 1.807) is 30.5 Å². The Morgan fingerprint density at radius 2 is 2.13 bits per heavy atom. The Bertz CT molecular complexity index is 722. The first-order valence-corrected chi connectivity index (χ1v) is 8.32. The molecule has 3 aliphatic rings. The molecule has 120 valence electrons. The van der Waals surface area contributed by atoms with Gasteiger partial charge >= 0.3 is 0 Å². The second kappa shape index (κ2) is 5.98. The van der Waals surface area contributed by atoms with Gasteiger partial charge in [-0.15, -0.1) is 0 Å². The zero-order valence-electron chi connectivity index (χ0n) is 12.7. The number of pyridine rings is 1. The Kier molecular flexibility index (Phi) is 3.83. The normalized spacial score (nSPS) is 26.2. The monoisotopic (exact) mass is 331 g/mol. The minimum atomic E-state index is -0.143. The van der Waals surface area contributed by atoms with E-state index in [0.717, 1.165) is 25.2 Å². The van der Waals surface area contributed by atoms with Gasteiger partial charge in [-0.1, -0.05) is 11.6 Å². The predicted octanol–water partition coefficient (Wildman–Crippen LogP) is 2.82. The molecule has 1 amide bonds. The summed E-state index contributed by atoms with van der Waals surface area (Å²) in [7, 11) is 0. The standard InChI is InChI=1S/C17H18ClN3O2/c18-16-9-12(3-6-19-16)14-1-2-15(23-14)17(22)20-13-10-21-7-4-11(13)5-8-21/h1-3,6,9,11,13H,4-5,7-8,10H2,(H,20,22). The summed E-state index contributed by atoms with van der Waals surface area (Å²) in [6, 6.07) is 7.25. The van der Waals surface area contributed by atoms with E-state index in [1.165, 1.54) is 12.8 Å². The molecule has 0 saturated carbocycles. The first-order valence-electron chi connectivity index (χ1n) is 7.94. The molecule has 6 heteroatoms. The summed E-state index contributed by atoms with van der Waals surface area (Å²) in [6.45, 7) is 3.26. The SMILES string of the molecule is O=C(NC1CN2CCC1CC2)c1ccc(-c2ccnc(Cl)c2)o1. The third-order valence-corrected chi connectivity index (χ3v) is 5.02. The minimum absolute atomic E-state index is 0.143. The highest BCUT2D eigenvalue weighted by molar-refractivity contribution is 6.29. The Balaban J connectivity index is 1.47. The molecule has 2 aromatic rings. The van der Waals surface area contributed by atoms with E-state index in [2.05, 4.69) is 15.2 Å². The summed E-state index contributed by atoms with van der Waals surface area (Å²) >= 11 is 5.89. The molecule has 3 aliphatic heterocycles. The van der Waals surface area contributed by atoms with Crippen LogP contribution in [0.5, 0.6) is 0 Å². The van der Waals surface area contributed by atoms with Crippen LogP contribution in [0.1, 0.15) is 23.4 Å². The van der Waals surface area contributed by atoms with E-state index < -0.39 is 0 Å². The molecule has 0 aliphatic carbocycles. The fourth-order valence-corrected chi connectivity index (χ4v) is 3.71. The number of nitrogens with zero attached hydrogens (tertiary/aromatic N) is 2. The number of amides is 1. The summed E-state index contributed by atoms with van der Waals surface area (Å²) in [4.78, 5) is 18.8. The van der Waals surface area contributed by atoms with E-state index in [-0.39, 0.29) is 11.9 Å². The highest BCUT2D eigenvalue weighted by atomic mass is 35.5. The minimum Gasteiger partial charge on any atom is -0.451 e. The Labute approximate surface area is 139 Å². The highest BCUT2D eigenvalue weighted by Crippen LogP contribution is 2.28. The average Bonchev–Trinajstić information content (AvgIpc) is 3.06. The van der Waals surface area contributed by atoms with Crippen molar-refractivity contribution in [2.24, 2.45) is 5.92 Å². The zero-order chi connectivity index (χ0) is 15.8. The number of fused-ring (bicyclic) bond motifs is 3. The molecule has 3 saturated heterocycles. The van der Waals surface area contributed by atoms with Crippen molar-refractivity contribution in [1.82, 2.24) is 15.2 Å². The third-order valence-electron chi connectivity index (χ3n) is 4.81. The molecule has 1 unspecified atom stereocenters. The van der Waals surface area contributed by atoms with Gasteiger partial charge in [-0.3, -0.25) is 4.79 Å². The lowest BCUT2D eigenvalue weighted by Crippen LogP contribution is -2.57. The maximum atomic E-state index is 12.4. The zero-order valence-corrected chi connectivity index (χ0v) is 13.4. The van der Waals surface area contributed by atoms with Crippen molar-refractivity contribution in [1.29, 1.82) is 0 Å². The predicted molar refractivity (Wildman–Crippen MR) is 87.4 cm³/mol. The first kappa shape index (κ1) is 14.7. The average molecular weight is 332 g/mol. The lowest BCUT2D eigenvalue weighted by Gasteiger charge is -2.44. The summed E-state index contributed by atoms with van der Waals surface area (Å²) in [5.41, 5.74) is 0.812. The Hall–Kier alpha value is -1.85. The van der Waals surface area contributed by atoms with Gasteiger partial charge in [-0.05, 0) is 56.1 Å². The molecule has 1 atom stereocenters. The quantitative estimate of drug-likeness (QED) is 0.879. The molecule has 5 rings (SSSR count). The van der Waals surface area contributed by atoms with Gasteiger partial charge in [0.05, 0.1) is 0 Å². The molecule has 23 heavy (non-hydrogen) atoms. The van der Waals surface area contributed by atoms with Crippen LogP contribution < -0.4 is 5.32 Å². The van der Waals surface area contributed by atoms with Crippen molar-refractivity contribution >= 4 is 17.5 Å². The number of rotatable bonds is 3. The van der Waals surface area contributed by atoms with Crippen molar-refractivity contribution in [3.8, 4) is 11.3 Å². The molecule has 3 fully saturated rings. The Morgan fingerprint density at radius 1 is 1.30 bits per heavy atom. The van der Waals surface area contributed by atoms with E-state index in [0.29, 0.717) is 22.6 Å². The lowest BCUT2D eigenvalue weighted by atomic mass is 9.84. The number of carbonyl (C=O) groups excluding carboxylic acids is 1. The van der Waals surface area contributed by atoms with Crippen molar-refractivity contribution in [2.75, 3.05) is 19.6 Å². The molecule has 0 aromatic carbocycles. The number of halogens is 1. The molecule has 2 bridgehead atoms. The van der Waals surface area contributed by atoms with Crippen LogP contribution in [-0.4, -0.2) is 41.5 Å². The number of aromatic nitrogens is 1. The van der Waals surface area contributed by atoms with Gasteiger partial charge in [-0.25, -0.2) is 4.98 Å². The number of hydrogen-bond donors (Lipinski definition) is 1. The van der Waals surface area contributed by atoms with Crippen LogP contribution in [-0.2, 0) is 0 Å². The van der Waals surface area contributed by atoms with E-state index in [4.69, 9.17) is 16.0 Å². The van der Waals surface area contributed by atoms with Crippen molar-refractivity contribution < 1.29 is 9.21 Å². The van der Waals surface area contributed by atoms with Gasteiger partial charge in [0.15, 0.2) is 5.76 Å². The van der Waals surface area contributed by atoms with Gasteiger partial charge in [0.1, 0.15) is 10.9 Å². The molecule has 5 nitrogen and oxygen atoms in total. The summed E-state index contributed by atoms with van der Waals surface area (Å²) < 4.78 is 5.70. The van der Waals surface area contributed by atoms with Crippen LogP contribution in [0.25, 0.3) is 11.3 Å². The summed E-state index contributed by atoms with van der Waals surface area (Å²) in [5.74, 6) is 1.41. The third kappa shape index (κ3) is 2.99. The fraction of sp³-hybridized carbons (Fsp3) is 0.412. The van der Waals surface area contributed by atoms with Crippen LogP contribution in [0.2, 0.25) is 5.15 Å². The van der Waals surface area contributed by atoms with Crippen LogP contribution in [0.4, 0.5) is 0 Å². The number of furan rings is 1. The molecule has 2 aromatic heterocycles. The fourth-order valence-electron chi connectivity index (χ4n) is 3.54. The largest absolute Gasteiger partial charge is 0.451 e. The molecule has 0 radical (unpaired) electrons. The van der Waals surface area contributed by atoms with Gasteiger partial charge in [0.2, 0.25) is 0 Å². The number of hydrogen-bond acceptors (Lipinski definition) is 4. The number of carbonyl (C=O) groups is 1. The lowest BCUT2D eigenvalue weighted by molar-refractivity contribution is 0.0606. The topological polar surface area (TPSA) is 58.4 Å². The van der Waals surface area contributed by atoms with Crippen LogP contribution in [0.3, 0.4) is 0 Å². The molecular formula is C17H18ClN3O2. The van der Waals surface area contributed by atoms with Gasteiger partial charge in [-0.2, -0.15) is 0 Å². The second-order valence-corrected chi connectivity index (χ2v) is 6.64. The molecular weight excluding hydrogens is 314 g/mol. The van der Waals surface area contributed by atoms with Crippen molar-refractivity contribution in [2.45, 2.75) is 18.9 Å². The summed E-state index contributed by atoms with van der Waals surface area (Å²) in [6.07, 6.45) is 3.96. The van der Waals surface area contributed by atoms with Gasteiger partial charge < -0.3 is 14.6 Å².